The highest BCUT2D eigenvalue weighted by atomic mass is 32.2. The minimum absolute atomic E-state index is 0.208. The minimum atomic E-state index is -3.57. The third kappa shape index (κ3) is 2.30. The van der Waals surface area contributed by atoms with E-state index in [0.717, 1.165) is 6.26 Å². The Hall–Kier alpha value is -1.62. The van der Waals surface area contributed by atoms with Gasteiger partial charge in [-0.25, -0.2) is 4.39 Å². The Labute approximate surface area is 92.6 Å². The highest BCUT2D eigenvalue weighted by Crippen LogP contribution is 2.26. The van der Waals surface area contributed by atoms with Crippen LogP contribution in [-0.4, -0.2) is 14.7 Å². The summed E-state index contributed by atoms with van der Waals surface area (Å²) in [6, 6.07) is 8.91. The van der Waals surface area contributed by atoms with E-state index in [1.807, 2.05) is 0 Å². The quantitative estimate of drug-likeness (QED) is 0.756. The van der Waals surface area contributed by atoms with Gasteiger partial charge < -0.3 is 4.18 Å². The van der Waals surface area contributed by atoms with Crippen LogP contribution >= 0.6 is 0 Å². The second-order valence-electron chi connectivity index (χ2n) is 3.41. The molecule has 0 aliphatic carbocycles. The lowest BCUT2D eigenvalue weighted by Crippen LogP contribution is -2.05. The fraction of sp³-hybridized carbons (Fsp3) is 0.0909. The molecule has 5 heteroatoms. The molecule has 2 aromatic rings. The van der Waals surface area contributed by atoms with Crippen LogP contribution in [0.3, 0.4) is 0 Å². The molecule has 0 aliphatic rings. The molecule has 0 atom stereocenters. The predicted molar refractivity (Wildman–Crippen MR) is 59.4 cm³/mol. The summed E-state index contributed by atoms with van der Waals surface area (Å²) < 4.78 is 39.8. The molecule has 0 N–H and O–H groups in total. The van der Waals surface area contributed by atoms with Crippen molar-refractivity contribution < 1.29 is 17.0 Å². The summed E-state index contributed by atoms with van der Waals surface area (Å²) in [4.78, 5) is 0. The number of hydrogen-bond donors (Lipinski definition) is 0. The maximum atomic E-state index is 12.9. The van der Waals surface area contributed by atoms with Crippen LogP contribution in [0, 0.1) is 5.82 Å². The molecule has 2 aromatic carbocycles. The van der Waals surface area contributed by atoms with Crippen LogP contribution < -0.4 is 4.18 Å². The van der Waals surface area contributed by atoms with Crippen molar-refractivity contribution in [2.24, 2.45) is 0 Å². The zero-order valence-corrected chi connectivity index (χ0v) is 9.29. The molecule has 0 heterocycles. The Balaban J connectivity index is 2.63. The molecule has 0 aliphatic heterocycles. The first-order valence-electron chi connectivity index (χ1n) is 4.53. The largest absolute Gasteiger partial charge is 0.382 e. The Kier molecular flexibility index (Phi) is 2.55. The van der Waals surface area contributed by atoms with Crippen LogP contribution in [0.4, 0.5) is 4.39 Å². The summed E-state index contributed by atoms with van der Waals surface area (Å²) in [6.45, 7) is 0. The highest BCUT2D eigenvalue weighted by molar-refractivity contribution is 7.86. The van der Waals surface area contributed by atoms with Crippen molar-refractivity contribution in [3.05, 3.63) is 42.2 Å². The van der Waals surface area contributed by atoms with Crippen molar-refractivity contribution in [2.45, 2.75) is 0 Å². The van der Waals surface area contributed by atoms with E-state index in [4.69, 9.17) is 4.18 Å². The number of rotatable bonds is 2. The van der Waals surface area contributed by atoms with Crippen molar-refractivity contribution in [1.82, 2.24) is 0 Å². The lowest BCUT2D eigenvalue weighted by Gasteiger charge is -2.06. The number of benzene rings is 2. The van der Waals surface area contributed by atoms with E-state index in [2.05, 4.69) is 0 Å². The van der Waals surface area contributed by atoms with Crippen molar-refractivity contribution in [1.29, 1.82) is 0 Å². The molecule has 0 amide bonds. The van der Waals surface area contributed by atoms with Crippen LogP contribution in [0.1, 0.15) is 0 Å². The van der Waals surface area contributed by atoms with Crippen molar-refractivity contribution in [3.8, 4) is 5.75 Å². The number of halogens is 1. The molecule has 0 fully saturated rings. The van der Waals surface area contributed by atoms with E-state index in [9.17, 15) is 12.8 Å². The van der Waals surface area contributed by atoms with E-state index < -0.39 is 10.1 Å². The fourth-order valence-corrected chi connectivity index (χ4v) is 1.93. The highest BCUT2D eigenvalue weighted by Gasteiger charge is 2.08. The molecule has 2 rings (SSSR count). The van der Waals surface area contributed by atoms with Gasteiger partial charge in [0.2, 0.25) is 0 Å². The Morgan fingerprint density at radius 2 is 1.94 bits per heavy atom. The molecule has 0 unspecified atom stereocenters. The van der Waals surface area contributed by atoms with Crippen LogP contribution in [0.25, 0.3) is 10.8 Å². The smallest absolute Gasteiger partial charge is 0.306 e. The molecule has 3 nitrogen and oxygen atoms in total. The van der Waals surface area contributed by atoms with Gasteiger partial charge in [0.1, 0.15) is 11.6 Å². The summed E-state index contributed by atoms with van der Waals surface area (Å²) in [5.74, 6) is -0.163. The summed E-state index contributed by atoms with van der Waals surface area (Å²) >= 11 is 0. The van der Waals surface area contributed by atoms with Crippen molar-refractivity contribution >= 4 is 20.9 Å². The van der Waals surface area contributed by atoms with E-state index in [-0.39, 0.29) is 11.6 Å². The molecule has 0 saturated carbocycles. The van der Waals surface area contributed by atoms with Gasteiger partial charge in [0.15, 0.2) is 0 Å². The molecular formula is C11H9FO3S. The minimum Gasteiger partial charge on any atom is -0.382 e. The fourth-order valence-electron chi connectivity index (χ4n) is 1.46. The van der Waals surface area contributed by atoms with Crippen molar-refractivity contribution in [3.63, 3.8) is 0 Å². The lowest BCUT2D eigenvalue weighted by atomic mass is 10.1. The maximum absolute atomic E-state index is 12.9. The van der Waals surface area contributed by atoms with E-state index in [1.54, 1.807) is 12.1 Å². The Morgan fingerprint density at radius 1 is 1.19 bits per heavy atom. The second-order valence-corrected chi connectivity index (χ2v) is 4.98. The number of hydrogen-bond acceptors (Lipinski definition) is 3. The topological polar surface area (TPSA) is 43.4 Å². The van der Waals surface area contributed by atoms with Gasteiger partial charge in [-0.05, 0) is 29.7 Å². The summed E-state index contributed by atoms with van der Waals surface area (Å²) in [5.41, 5.74) is 0. The zero-order valence-electron chi connectivity index (χ0n) is 8.48. The Bertz CT molecular complexity index is 635. The summed E-state index contributed by atoms with van der Waals surface area (Å²) in [5, 5.41) is 1.16. The molecule has 0 bridgehead atoms. The third-order valence-electron chi connectivity index (χ3n) is 2.04. The van der Waals surface area contributed by atoms with Gasteiger partial charge in [0, 0.05) is 5.39 Å². The summed E-state index contributed by atoms with van der Waals surface area (Å²) in [6.07, 6.45) is 0.968. The van der Waals surface area contributed by atoms with Gasteiger partial charge in [0.25, 0.3) is 0 Å². The summed E-state index contributed by atoms with van der Waals surface area (Å²) in [7, 11) is -3.57. The molecule has 0 spiro atoms. The number of fused-ring (bicyclic) bond motifs is 1. The first kappa shape index (κ1) is 10.9. The monoisotopic (exact) mass is 240 g/mol. The molecule has 16 heavy (non-hydrogen) atoms. The molecule has 0 saturated heterocycles. The molecular weight excluding hydrogens is 231 g/mol. The van der Waals surface area contributed by atoms with E-state index in [0.29, 0.717) is 10.8 Å². The van der Waals surface area contributed by atoms with Gasteiger partial charge >= 0.3 is 10.1 Å². The zero-order chi connectivity index (χ0) is 11.8. The third-order valence-corrected chi connectivity index (χ3v) is 2.53. The van der Waals surface area contributed by atoms with Gasteiger partial charge in [-0.1, -0.05) is 12.1 Å². The maximum Gasteiger partial charge on any atom is 0.306 e. The molecule has 0 aromatic heterocycles. The van der Waals surface area contributed by atoms with Gasteiger partial charge in [-0.3, -0.25) is 0 Å². The average Bonchev–Trinajstić information content (AvgIpc) is 2.15. The van der Waals surface area contributed by atoms with Gasteiger partial charge in [-0.15, -0.1) is 0 Å². The van der Waals surface area contributed by atoms with Crippen LogP contribution in [0.5, 0.6) is 5.75 Å². The SMILES string of the molecule is CS(=O)(=O)Oc1cccc2cc(F)ccc12. The van der Waals surface area contributed by atoms with Crippen molar-refractivity contribution in [2.75, 3.05) is 6.26 Å². The van der Waals surface area contributed by atoms with Gasteiger partial charge in [-0.2, -0.15) is 8.42 Å². The Morgan fingerprint density at radius 3 is 2.62 bits per heavy atom. The van der Waals surface area contributed by atoms with E-state index >= 15 is 0 Å². The van der Waals surface area contributed by atoms with Crippen LogP contribution in [-0.2, 0) is 10.1 Å². The molecule has 0 radical (unpaired) electrons. The first-order valence-corrected chi connectivity index (χ1v) is 6.35. The predicted octanol–water partition coefficient (Wildman–Crippen LogP) is 2.32. The second kappa shape index (κ2) is 3.75. The molecule has 84 valence electrons. The van der Waals surface area contributed by atoms with Gasteiger partial charge in [0.05, 0.1) is 6.26 Å². The van der Waals surface area contributed by atoms with Crippen LogP contribution in [0.15, 0.2) is 36.4 Å². The lowest BCUT2D eigenvalue weighted by molar-refractivity contribution is 0.495. The van der Waals surface area contributed by atoms with E-state index in [1.165, 1.54) is 24.3 Å². The normalized spacial score (nSPS) is 11.6. The first-order chi connectivity index (χ1) is 7.46. The average molecular weight is 240 g/mol. The van der Waals surface area contributed by atoms with Crippen LogP contribution in [0.2, 0.25) is 0 Å². The standard InChI is InChI=1S/C11H9FO3S/c1-16(13,14)15-11-4-2-3-8-7-9(12)5-6-10(8)11/h2-7H,1H3.